The number of nitrogens with zero attached hydrogens (tertiary/aromatic N) is 1. The van der Waals surface area contributed by atoms with Crippen LogP contribution in [-0.2, 0) is 17.8 Å². The van der Waals surface area contributed by atoms with Crippen LogP contribution in [0.4, 0.5) is 0 Å². The van der Waals surface area contributed by atoms with E-state index in [2.05, 4.69) is 18.7 Å². The molecule has 1 aliphatic heterocycles. The van der Waals surface area contributed by atoms with Crippen molar-refractivity contribution in [2.75, 3.05) is 40.8 Å². The Hall–Kier alpha value is -2.48. The number of rotatable bonds is 12. The van der Waals surface area contributed by atoms with Gasteiger partial charge in [0.2, 0.25) is 6.79 Å². The lowest BCUT2D eigenvalue weighted by Crippen LogP contribution is -2.34. The summed E-state index contributed by atoms with van der Waals surface area (Å²) in [5, 5.41) is 10.6. The molecule has 0 saturated carbocycles. The van der Waals surface area contributed by atoms with Crippen molar-refractivity contribution >= 4 is 0 Å². The van der Waals surface area contributed by atoms with Crippen LogP contribution in [-0.4, -0.2) is 56.9 Å². The van der Waals surface area contributed by atoms with E-state index >= 15 is 0 Å². The van der Waals surface area contributed by atoms with Gasteiger partial charge in [-0.25, -0.2) is 0 Å². The van der Waals surface area contributed by atoms with E-state index in [-0.39, 0.29) is 6.79 Å². The van der Waals surface area contributed by atoms with E-state index in [0.29, 0.717) is 50.3 Å². The minimum absolute atomic E-state index is 0.245. The molecule has 0 radical (unpaired) electrons. The molecule has 1 atom stereocenters. The normalized spacial score (nSPS) is 13.6. The summed E-state index contributed by atoms with van der Waals surface area (Å²) in [6.45, 7) is 7.01. The molecule has 170 valence electrons. The Labute approximate surface area is 184 Å². The minimum Gasteiger partial charge on any atom is -0.493 e. The zero-order valence-corrected chi connectivity index (χ0v) is 18.8. The predicted molar refractivity (Wildman–Crippen MR) is 118 cm³/mol. The molecule has 0 fully saturated rings. The SMILES string of the molecule is COc1cccc(CN(Cc2ccc3c(c2)OCO3)C[C@H](O)COCC(C)C)c1OC. The molecule has 0 bridgehead atoms. The van der Waals surface area contributed by atoms with Gasteiger partial charge in [0.15, 0.2) is 23.0 Å². The van der Waals surface area contributed by atoms with Crippen LogP contribution in [0.25, 0.3) is 0 Å². The zero-order chi connectivity index (χ0) is 22.2. The van der Waals surface area contributed by atoms with Gasteiger partial charge < -0.3 is 28.8 Å². The van der Waals surface area contributed by atoms with Crippen molar-refractivity contribution in [2.45, 2.75) is 33.0 Å². The summed E-state index contributed by atoms with van der Waals surface area (Å²) in [4.78, 5) is 2.16. The van der Waals surface area contributed by atoms with Crippen LogP contribution in [0.5, 0.6) is 23.0 Å². The summed E-state index contributed by atoms with van der Waals surface area (Å²) in [7, 11) is 3.26. The Morgan fingerprint density at radius 2 is 1.81 bits per heavy atom. The minimum atomic E-state index is -0.607. The van der Waals surface area contributed by atoms with Crippen LogP contribution in [0.1, 0.15) is 25.0 Å². The molecule has 7 nitrogen and oxygen atoms in total. The largest absolute Gasteiger partial charge is 0.493 e. The predicted octanol–water partition coefficient (Wildman–Crippen LogP) is 3.47. The second-order valence-corrected chi connectivity index (χ2v) is 8.10. The Balaban J connectivity index is 1.75. The summed E-state index contributed by atoms with van der Waals surface area (Å²) in [6, 6.07) is 11.8. The molecule has 0 aliphatic carbocycles. The van der Waals surface area contributed by atoms with E-state index in [0.717, 1.165) is 22.6 Å². The van der Waals surface area contributed by atoms with E-state index in [1.807, 2.05) is 36.4 Å². The third-order valence-corrected chi connectivity index (χ3v) is 4.95. The van der Waals surface area contributed by atoms with Crippen LogP contribution in [0.2, 0.25) is 0 Å². The van der Waals surface area contributed by atoms with Crippen LogP contribution in [0.15, 0.2) is 36.4 Å². The summed E-state index contributed by atoms with van der Waals surface area (Å²) in [5.74, 6) is 3.32. The third-order valence-electron chi connectivity index (χ3n) is 4.95. The van der Waals surface area contributed by atoms with Gasteiger partial charge in [-0.05, 0) is 29.7 Å². The van der Waals surface area contributed by atoms with Crippen molar-refractivity contribution in [3.8, 4) is 23.0 Å². The molecule has 2 aromatic carbocycles. The highest BCUT2D eigenvalue weighted by atomic mass is 16.7. The molecule has 7 heteroatoms. The summed E-state index contributed by atoms with van der Waals surface area (Å²) >= 11 is 0. The number of aliphatic hydroxyl groups is 1. The monoisotopic (exact) mass is 431 g/mol. The van der Waals surface area contributed by atoms with Gasteiger partial charge in [0.1, 0.15) is 0 Å². The Morgan fingerprint density at radius 3 is 2.55 bits per heavy atom. The van der Waals surface area contributed by atoms with Gasteiger partial charge in [-0.3, -0.25) is 4.90 Å². The maximum Gasteiger partial charge on any atom is 0.231 e. The fourth-order valence-electron chi connectivity index (χ4n) is 3.59. The molecule has 0 unspecified atom stereocenters. The second-order valence-electron chi connectivity index (χ2n) is 8.10. The van der Waals surface area contributed by atoms with E-state index in [1.54, 1.807) is 14.2 Å². The van der Waals surface area contributed by atoms with Crippen molar-refractivity contribution in [3.63, 3.8) is 0 Å². The molecular weight excluding hydrogens is 398 g/mol. The molecule has 3 rings (SSSR count). The zero-order valence-electron chi connectivity index (χ0n) is 18.8. The molecule has 0 aromatic heterocycles. The van der Waals surface area contributed by atoms with Crippen LogP contribution in [0, 0.1) is 5.92 Å². The average Bonchev–Trinajstić information content (AvgIpc) is 3.21. The molecule has 1 aliphatic rings. The highest BCUT2D eigenvalue weighted by molar-refractivity contribution is 5.47. The molecule has 0 spiro atoms. The summed E-state index contributed by atoms with van der Waals surface area (Å²) < 4.78 is 27.6. The third kappa shape index (κ3) is 6.50. The first-order chi connectivity index (χ1) is 15.0. The van der Waals surface area contributed by atoms with Crippen molar-refractivity contribution in [1.82, 2.24) is 4.90 Å². The Morgan fingerprint density at radius 1 is 1.00 bits per heavy atom. The number of benzene rings is 2. The lowest BCUT2D eigenvalue weighted by Gasteiger charge is -2.26. The number of fused-ring (bicyclic) bond motifs is 1. The van der Waals surface area contributed by atoms with Gasteiger partial charge in [0.05, 0.1) is 26.9 Å². The first-order valence-corrected chi connectivity index (χ1v) is 10.6. The quantitative estimate of drug-likeness (QED) is 0.552. The molecule has 1 heterocycles. The lowest BCUT2D eigenvalue weighted by molar-refractivity contribution is 0.00543. The maximum absolute atomic E-state index is 10.6. The number of para-hydroxylation sites is 1. The number of ether oxygens (including phenoxy) is 5. The molecule has 1 N–H and O–H groups in total. The molecule has 2 aromatic rings. The average molecular weight is 432 g/mol. The van der Waals surface area contributed by atoms with Gasteiger partial charge in [-0.15, -0.1) is 0 Å². The fraction of sp³-hybridized carbons (Fsp3) is 0.500. The highest BCUT2D eigenvalue weighted by Gasteiger charge is 2.19. The van der Waals surface area contributed by atoms with Gasteiger partial charge in [0.25, 0.3) is 0 Å². The summed E-state index contributed by atoms with van der Waals surface area (Å²) in [6.07, 6.45) is -0.607. The first kappa shape index (κ1) is 23.2. The summed E-state index contributed by atoms with van der Waals surface area (Å²) in [5.41, 5.74) is 2.05. The van der Waals surface area contributed by atoms with Gasteiger partial charge in [-0.1, -0.05) is 32.0 Å². The molecule has 31 heavy (non-hydrogen) atoms. The molecule has 0 saturated heterocycles. The van der Waals surface area contributed by atoms with E-state index in [9.17, 15) is 5.11 Å². The Bertz CT molecular complexity index is 841. The number of hydrogen-bond donors (Lipinski definition) is 1. The fourth-order valence-corrected chi connectivity index (χ4v) is 3.59. The van der Waals surface area contributed by atoms with Gasteiger partial charge in [0, 0.05) is 31.8 Å². The molecule has 0 amide bonds. The number of methoxy groups -OCH3 is 2. The van der Waals surface area contributed by atoms with Crippen LogP contribution >= 0.6 is 0 Å². The molecular formula is C24H33NO6. The Kier molecular flexibility index (Phi) is 8.40. The van der Waals surface area contributed by atoms with E-state index in [1.165, 1.54) is 0 Å². The highest BCUT2D eigenvalue weighted by Crippen LogP contribution is 2.34. The van der Waals surface area contributed by atoms with Crippen LogP contribution in [0.3, 0.4) is 0 Å². The second kappa shape index (κ2) is 11.2. The van der Waals surface area contributed by atoms with E-state index < -0.39 is 6.10 Å². The smallest absolute Gasteiger partial charge is 0.231 e. The van der Waals surface area contributed by atoms with Crippen molar-refractivity contribution in [1.29, 1.82) is 0 Å². The number of hydrogen-bond acceptors (Lipinski definition) is 7. The van der Waals surface area contributed by atoms with Gasteiger partial charge in [-0.2, -0.15) is 0 Å². The van der Waals surface area contributed by atoms with Crippen LogP contribution < -0.4 is 18.9 Å². The maximum atomic E-state index is 10.6. The van der Waals surface area contributed by atoms with Crippen molar-refractivity contribution < 1.29 is 28.8 Å². The topological polar surface area (TPSA) is 69.6 Å². The van der Waals surface area contributed by atoms with E-state index in [4.69, 9.17) is 23.7 Å². The standard InChI is InChI=1S/C24H33NO6/c1-17(2)14-29-15-20(26)13-25(11-18-8-9-21-23(10-18)31-16-30-21)12-19-6-5-7-22(27-3)24(19)28-4/h5-10,17,20,26H,11-16H2,1-4H3/t20-/m0/s1. The number of aliphatic hydroxyl groups excluding tert-OH is 1. The van der Waals surface area contributed by atoms with Crippen molar-refractivity contribution in [2.24, 2.45) is 5.92 Å². The van der Waals surface area contributed by atoms with Gasteiger partial charge >= 0.3 is 0 Å². The first-order valence-electron chi connectivity index (χ1n) is 10.6. The lowest BCUT2D eigenvalue weighted by atomic mass is 10.1. The van der Waals surface area contributed by atoms with Crippen molar-refractivity contribution in [3.05, 3.63) is 47.5 Å².